The summed E-state index contributed by atoms with van der Waals surface area (Å²) in [6.45, 7) is 0.122. The number of carbonyl (C=O) groups is 2. The summed E-state index contributed by atoms with van der Waals surface area (Å²) < 4.78 is 6.51. The van der Waals surface area contributed by atoms with Crippen LogP contribution >= 0.6 is 22.7 Å². The topological polar surface area (TPSA) is 89.8 Å². The molecule has 124 valence electrons. The predicted octanol–water partition coefficient (Wildman–Crippen LogP) is 1.68. The lowest BCUT2D eigenvalue weighted by Gasteiger charge is -2.05. The molecule has 0 aromatic carbocycles. The molecule has 24 heavy (non-hydrogen) atoms. The summed E-state index contributed by atoms with van der Waals surface area (Å²) in [5.41, 5.74) is 0.189. The maximum absolute atomic E-state index is 11.8. The number of fused-ring (bicyclic) bond motifs is 1. The number of thiophene rings is 1. The summed E-state index contributed by atoms with van der Waals surface area (Å²) in [6.07, 6.45) is 1.69. The van der Waals surface area contributed by atoms with E-state index in [0.717, 1.165) is 0 Å². The van der Waals surface area contributed by atoms with Gasteiger partial charge in [0.1, 0.15) is 6.61 Å². The summed E-state index contributed by atoms with van der Waals surface area (Å²) in [5, 5.41) is 6.22. The summed E-state index contributed by atoms with van der Waals surface area (Å²) in [4.78, 5) is 40.6. The molecule has 0 unspecified atom stereocenters. The van der Waals surface area contributed by atoms with E-state index in [1.54, 1.807) is 23.7 Å². The molecule has 9 heteroatoms. The van der Waals surface area contributed by atoms with Gasteiger partial charge in [-0.05, 0) is 11.4 Å². The zero-order valence-electron chi connectivity index (χ0n) is 12.4. The number of rotatable bonds is 6. The molecule has 0 saturated heterocycles. The number of ether oxygens (including phenoxy) is 1. The van der Waals surface area contributed by atoms with Gasteiger partial charge in [0.05, 0.1) is 17.0 Å². The number of nitrogens with one attached hydrogen (secondary N) is 1. The fourth-order valence-corrected chi connectivity index (χ4v) is 3.34. The monoisotopic (exact) mass is 363 g/mol. The summed E-state index contributed by atoms with van der Waals surface area (Å²) in [5.74, 6) is -0.676. The number of amides is 1. The minimum Gasteiger partial charge on any atom is -0.459 e. The molecular weight excluding hydrogens is 350 g/mol. The Kier molecular flexibility index (Phi) is 5.02. The van der Waals surface area contributed by atoms with Gasteiger partial charge in [-0.25, -0.2) is 4.98 Å². The van der Waals surface area contributed by atoms with Crippen molar-refractivity contribution in [2.45, 2.75) is 13.0 Å². The van der Waals surface area contributed by atoms with E-state index in [0.29, 0.717) is 15.5 Å². The summed E-state index contributed by atoms with van der Waals surface area (Å²) in [7, 11) is 0. The van der Waals surface area contributed by atoms with Gasteiger partial charge in [0, 0.05) is 24.2 Å². The van der Waals surface area contributed by atoms with Crippen molar-refractivity contribution < 1.29 is 14.3 Å². The van der Waals surface area contributed by atoms with Crippen molar-refractivity contribution in [3.8, 4) is 0 Å². The third kappa shape index (κ3) is 3.87. The van der Waals surface area contributed by atoms with Crippen molar-refractivity contribution in [3.05, 3.63) is 56.1 Å². The van der Waals surface area contributed by atoms with E-state index in [4.69, 9.17) is 4.74 Å². The Morgan fingerprint density at radius 1 is 1.29 bits per heavy atom. The van der Waals surface area contributed by atoms with Crippen molar-refractivity contribution >= 4 is 39.5 Å². The predicted molar refractivity (Wildman–Crippen MR) is 90.4 cm³/mol. The first-order valence-electron chi connectivity index (χ1n) is 7.06. The number of carbonyl (C=O) groups excluding carboxylic acids is 2. The lowest BCUT2D eigenvalue weighted by atomic mass is 10.4. The van der Waals surface area contributed by atoms with Crippen LogP contribution in [0.3, 0.4) is 0 Å². The molecule has 3 heterocycles. The van der Waals surface area contributed by atoms with E-state index in [1.807, 2.05) is 5.38 Å². The first-order chi connectivity index (χ1) is 11.6. The highest BCUT2D eigenvalue weighted by Gasteiger charge is 2.09. The molecular formula is C15H13N3O4S2. The molecule has 0 radical (unpaired) electrons. The molecule has 0 saturated carbocycles. The molecule has 0 bridgehead atoms. The minimum absolute atomic E-state index is 0.0529. The van der Waals surface area contributed by atoms with E-state index < -0.39 is 5.97 Å². The van der Waals surface area contributed by atoms with Gasteiger partial charge in [-0.1, -0.05) is 6.07 Å². The molecule has 1 N–H and O–H groups in total. The molecule has 0 fully saturated rings. The van der Waals surface area contributed by atoms with Crippen LogP contribution < -0.4 is 10.9 Å². The lowest BCUT2D eigenvalue weighted by molar-refractivity contribution is -0.144. The van der Waals surface area contributed by atoms with E-state index in [1.165, 1.54) is 33.1 Å². The second kappa shape index (κ2) is 7.37. The molecule has 1 amide bonds. The largest absolute Gasteiger partial charge is 0.459 e. The van der Waals surface area contributed by atoms with Crippen molar-refractivity contribution in [3.63, 3.8) is 0 Å². The average Bonchev–Trinajstić information content (AvgIpc) is 3.24. The van der Waals surface area contributed by atoms with Crippen LogP contribution in [-0.4, -0.2) is 27.8 Å². The standard InChI is InChI=1S/C15H13N3O4S2/c19-12-8-10(17-15-18(12)5-7-24-15)9-22-13(20)3-4-16-14(21)11-2-1-6-23-11/h1-2,5-8H,3-4,9H2,(H,16,21). The normalized spacial score (nSPS) is 10.7. The van der Waals surface area contributed by atoms with Gasteiger partial charge in [0.15, 0.2) is 4.96 Å². The van der Waals surface area contributed by atoms with Crippen LogP contribution in [0.2, 0.25) is 0 Å². The van der Waals surface area contributed by atoms with E-state index in [9.17, 15) is 14.4 Å². The van der Waals surface area contributed by atoms with Crippen molar-refractivity contribution in [2.75, 3.05) is 6.54 Å². The minimum atomic E-state index is -0.463. The first kappa shape index (κ1) is 16.3. The Hall–Kier alpha value is -2.52. The van der Waals surface area contributed by atoms with Crippen molar-refractivity contribution in [2.24, 2.45) is 0 Å². The van der Waals surface area contributed by atoms with E-state index >= 15 is 0 Å². The molecule has 0 aliphatic heterocycles. The molecule has 3 aromatic rings. The Morgan fingerprint density at radius 3 is 2.96 bits per heavy atom. The lowest BCUT2D eigenvalue weighted by Crippen LogP contribution is -2.25. The average molecular weight is 363 g/mol. The van der Waals surface area contributed by atoms with Gasteiger partial charge in [0.25, 0.3) is 11.5 Å². The van der Waals surface area contributed by atoms with Crippen LogP contribution in [0, 0.1) is 0 Å². The molecule has 0 atom stereocenters. The third-order valence-corrected chi connectivity index (χ3v) is 4.72. The Morgan fingerprint density at radius 2 is 2.17 bits per heavy atom. The molecule has 0 aliphatic carbocycles. The highest BCUT2D eigenvalue weighted by molar-refractivity contribution is 7.15. The fraction of sp³-hybridized carbons (Fsp3) is 0.200. The Bertz CT molecular complexity index is 914. The number of hydrogen-bond donors (Lipinski definition) is 1. The van der Waals surface area contributed by atoms with Gasteiger partial charge in [0.2, 0.25) is 0 Å². The highest BCUT2D eigenvalue weighted by Crippen LogP contribution is 2.08. The zero-order valence-corrected chi connectivity index (χ0v) is 14.1. The van der Waals surface area contributed by atoms with Crippen LogP contribution in [0.4, 0.5) is 0 Å². The zero-order chi connectivity index (χ0) is 16.9. The second-order valence-corrected chi connectivity index (χ2v) is 6.61. The van der Waals surface area contributed by atoms with E-state index in [-0.39, 0.29) is 31.0 Å². The number of nitrogens with zero attached hydrogens (tertiary/aromatic N) is 2. The summed E-state index contributed by atoms with van der Waals surface area (Å²) in [6, 6.07) is 4.84. The molecule has 3 rings (SSSR count). The maximum Gasteiger partial charge on any atom is 0.307 e. The number of hydrogen-bond acceptors (Lipinski definition) is 7. The smallest absolute Gasteiger partial charge is 0.307 e. The van der Waals surface area contributed by atoms with Gasteiger partial charge in [-0.3, -0.25) is 18.8 Å². The van der Waals surface area contributed by atoms with Gasteiger partial charge >= 0.3 is 5.97 Å². The molecule has 0 spiro atoms. The van der Waals surface area contributed by atoms with Crippen molar-refractivity contribution in [1.82, 2.24) is 14.7 Å². The Balaban J connectivity index is 1.46. The van der Waals surface area contributed by atoms with Crippen LogP contribution in [0.5, 0.6) is 0 Å². The first-order valence-corrected chi connectivity index (χ1v) is 8.82. The van der Waals surface area contributed by atoms with Gasteiger partial charge < -0.3 is 10.1 Å². The quantitative estimate of drug-likeness (QED) is 0.673. The number of esters is 1. The van der Waals surface area contributed by atoms with Crippen LogP contribution in [-0.2, 0) is 16.1 Å². The van der Waals surface area contributed by atoms with Crippen molar-refractivity contribution in [1.29, 1.82) is 0 Å². The van der Waals surface area contributed by atoms with Gasteiger partial charge in [-0.15, -0.1) is 22.7 Å². The molecule has 3 aromatic heterocycles. The maximum atomic E-state index is 11.8. The van der Waals surface area contributed by atoms with E-state index in [2.05, 4.69) is 10.3 Å². The van der Waals surface area contributed by atoms with Crippen LogP contribution in [0.15, 0.2) is 40.0 Å². The highest BCUT2D eigenvalue weighted by atomic mass is 32.1. The van der Waals surface area contributed by atoms with Gasteiger partial charge in [-0.2, -0.15) is 0 Å². The van der Waals surface area contributed by atoms with Crippen LogP contribution in [0.1, 0.15) is 21.8 Å². The number of aromatic nitrogens is 2. The van der Waals surface area contributed by atoms with Crippen LogP contribution in [0.25, 0.3) is 4.96 Å². The Labute approximate surface area is 144 Å². The third-order valence-electron chi connectivity index (χ3n) is 3.10. The molecule has 7 nitrogen and oxygen atoms in total. The summed E-state index contributed by atoms with van der Waals surface area (Å²) >= 11 is 2.66. The SMILES string of the molecule is O=C(CCNC(=O)c1cccs1)OCc1cc(=O)n2ccsc2n1. The molecule has 0 aliphatic rings. The fourth-order valence-electron chi connectivity index (χ4n) is 1.96. The second-order valence-electron chi connectivity index (χ2n) is 4.79. The number of thiazole rings is 1.